The van der Waals surface area contributed by atoms with Crippen molar-refractivity contribution in [3.05, 3.63) is 40.6 Å². The molecule has 0 radical (unpaired) electrons. The summed E-state index contributed by atoms with van der Waals surface area (Å²) in [4.78, 5) is 0.718. The molecule has 0 unspecified atom stereocenters. The highest BCUT2D eigenvalue weighted by Crippen LogP contribution is 2.46. The molecule has 0 aliphatic heterocycles. The second-order valence-corrected chi connectivity index (χ2v) is 10.4. The van der Waals surface area contributed by atoms with Crippen LogP contribution in [-0.4, -0.2) is 76.3 Å². The Bertz CT molecular complexity index is 1250. The van der Waals surface area contributed by atoms with Crippen LogP contribution in [-0.2, 0) is 14.2 Å². The zero-order valence-corrected chi connectivity index (χ0v) is 23.7. The van der Waals surface area contributed by atoms with Crippen molar-refractivity contribution in [3.8, 4) is 23.0 Å². The maximum Gasteiger partial charge on any atom is 0.146 e. The number of phenolic OH excluding ortho intramolecular Hbond substituents is 1. The highest BCUT2D eigenvalue weighted by atomic mass is 32.1. The van der Waals surface area contributed by atoms with Crippen LogP contribution in [0.25, 0.3) is 20.2 Å². The van der Waals surface area contributed by atoms with E-state index in [1.165, 1.54) is 11.3 Å². The van der Waals surface area contributed by atoms with Gasteiger partial charge in [-0.05, 0) is 41.9 Å². The lowest BCUT2D eigenvalue weighted by atomic mass is 10.2. The molecule has 38 heavy (non-hydrogen) atoms. The number of thiol groups is 1. The van der Waals surface area contributed by atoms with E-state index in [1.807, 2.05) is 41.9 Å². The number of aliphatic hydroxyl groups excluding tert-OH is 1. The predicted molar refractivity (Wildman–Crippen MR) is 153 cm³/mol. The fourth-order valence-corrected chi connectivity index (χ4v) is 5.78. The van der Waals surface area contributed by atoms with Gasteiger partial charge in [0.15, 0.2) is 0 Å². The molecule has 0 fully saturated rings. The van der Waals surface area contributed by atoms with Gasteiger partial charge < -0.3 is 38.6 Å². The number of thiophene rings is 2. The summed E-state index contributed by atoms with van der Waals surface area (Å²) in [5, 5.41) is 24.9. The Morgan fingerprint density at radius 1 is 0.684 bits per heavy atom. The van der Waals surface area contributed by atoms with Crippen molar-refractivity contribution in [2.75, 3.05) is 66.1 Å². The normalized spacial score (nSPS) is 11.4. The maximum atomic E-state index is 10.5. The van der Waals surface area contributed by atoms with E-state index < -0.39 is 0 Å². The molecule has 0 saturated carbocycles. The number of phenols is 1. The Labute approximate surface area is 235 Å². The molecule has 2 aromatic heterocycles. The van der Waals surface area contributed by atoms with Gasteiger partial charge in [-0.3, -0.25) is 0 Å². The quantitative estimate of drug-likeness (QED) is 0.114. The fourth-order valence-electron chi connectivity index (χ4n) is 3.77. The Hall–Kier alpha value is -2.25. The van der Waals surface area contributed by atoms with Gasteiger partial charge in [-0.25, -0.2) is 0 Å². The van der Waals surface area contributed by atoms with Gasteiger partial charge in [0, 0.05) is 16.3 Å². The molecule has 11 heteroatoms. The van der Waals surface area contributed by atoms with Gasteiger partial charge in [-0.15, -0.1) is 35.3 Å². The van der Waals surface area contributed by atoms with Crippen LogP contribution in [0.4, 0.5) is 0 Å². The van der Waals surface area contributed by atoms with Crippen LogP contribution in [0.2, 0.25) is 0 Å². The van der Waals surface area contributed by atoms with Crippen LogP contribution in [0.1, 0.15) is 5.56 Å². The molecule has 0 aliphatic rings. The van der Waals surface area contributed by atoms with E-state index in [1.54, 1.807) is 11.3 Å². The zero-order valence-electron chi connectivity index (χ0n) is 21.1. The molecule has 2 aromatic carbocycles. The molecule has 0 aliphatic carbocycles. The first-order valence-electron chi connectivity index (χ1n) is 12.3. The van der Waals surface area contributed by atoms with Gasteiger partial charge in [-0.1, -0.05) is 0 Å². The smallest absolute Gasteiger partial charge is 0.146 e. The number of hydrogen-bond donors (Lipinski definition) is 3. The summed E-state index contributed by atoms with van der Waals surface area (Å²) >= 11 is 7.62. The molecule has 4 aromatic rings. The minimum absolute atomic E-state index is 0.00249. The summed E-state index contributed by atoms with van der Waals surface area (Å²) in [6, 6.07) is 7.56. The Balaban J connectivity index is 1.10. The molecule has 0 atom stereocenters. The van der Waals surface area contributed by atoms with E-state index in [2.05, 4.69) is 12.6 Å². The lowest BCUT2D eigenvalue weighted by Crippen LogP contribution is -2.13. The van der Waals surface area contributed by atoms with Gasteiger partial charge in [0.05, 0.1) is 60.5 Å². The van der Waals surface area contributed by atoms with Crippen LogP contribution in [0.3, 0.4) is 0 Å². The van der Waals surface area contributed by atoms with Crippen LogP contribution in [0.15, 0.2) is 39.9 Å². The second kappa shape index (κ2) is 14.8. The number of fused-ring (bicyclic) bond motifs is 2. The minimum atomic E-state index is -0.00249. The van der Waals surface area contributed by atoms with Crippen LogP contribution >= 0.6 is 35.3 Å². The fraction of sp³-hybridized carbons (Fsp3) is 0.407. The van der Waals surface area contributed by atoms with Crippen LogP contribution in [0.5, 0.6) is 23.0 Å². The van der Waals surface area contributed by atoms with Crippen LogP contribution in [0, 0.1) is 6.92 Å². The number of ether oxygens (including phenoxy) is 6. The highest BCUT2D eigenvalue weighted by Gasteiger charge is 2.16. The molecule has 206 valence electrons. The molecule has 0 spiro atoms. The third kappa shape index (κ3) is 7.23. The van der Waals surface area contributed by atoms with Crippen molar-refractivity contribution in [3.63, 3.8) is 0 Å². The molecule has 2 heterocycles. The van der Waals surface area contributed by atoms with Crippen molar-refractivity contribution < 1.29 is 38.6 Å². The Morgan fingerprint density at radius 3 is 1.95 bits per heavy atom. The SMILES string of the molecule is Cc1c(OCCOCCO)ccc(OCCOCCOCCOc2c3ccsc3c(O)c3ccsc23)c1S. The Morgan fingerprint density at radius 2 is 1.24 bits per heavy atom. The molecule has 0 saturated heterocycles. The molecule has 0 amide bonds. The lowest BCUT2D eigenvalue weighted by Gasteiger charge is -2.15. The van der Waals surface area contributed by atoms with Crippen molar-refractivity contribution in [2.45, 2.75) is 11.8 Å². The van der Waals surface area contributed by atoms with Crippen molar-refractivity contribution >= 4 is 55.5 Å². The van der Waals surface area contributed by atoms with E-state index in [0.29, 0.717) is 71.0 Å². The monoisotopic (exact) mass is 580 g/mol. The summed E-state index contributed by atoms with van der Waals surface area (Å²) in [6.07, 6.45) is 0. The van der Waals surface area contributed by atoms with Gasteiger partial charge in [0.2, 0.25) is 0 Å². The highest BCUT2D eigenvalue weighted by molar-refractivity contribution is 7.80. The van der Waals surface area contributed by atoms with E-state index in [4.69, 9.17) is 33.5 Å². The predicted octanol–water partition coefficient (Wildman–Crippen LogP) is 5.30. The zero-order chi connectivity index (χ0) is 26.7. The standard InChI is InChI=1S/C27H32O8S3/c1-18-21(33-13-10-30-7-6-28)2-3-22(25(18)36)34-14-11-31-8-9-32-12-15-35-24-20-5-17-37-26(20)23(29)19-4-16-38-27(19)24/h2-5,16-17,28-29,36H,6-15H2,1H3. The average Bonchev–Trinajstić information content (AvgIpc) is 3.61. The largest absolute Gasteiger partial charge is 0.506 e. The number of aromatic hydroxyl groups is 1. The van der Waals surface area contributed by atoms with Gasteiger partial charge in [-0.2, -0.15) is 0 Å². The Kier molecular flexibility index (Phi) is 11.2. The molecule has 8 nitrogen and oxygen atoms in total. The molecule has 4 rings (SSSR count). The molecular weight excluding hydrogens is 548 g/mol. The number of hydrogen-bond acceptors (Lipinski definition) is 11. The third-order valence-corrected chi connectivity index (χ3v) is 8.04. The van der Waals surface area contributed by atoms with Gasteiger partial charge in [0.25, 0.3) is 0 Å². The van der Waals surface area contributed by atoms with Crippen molar-refractivity contribution in [1.29, 1.82) is 0 Å². The third-order valence-electron chi connectivity index (χ3n) is 5.65. The topological polar surface area (TPSA) is 95.8 Å². The molecular formula is C27H32O8S3. The van der Waals surface area contributed by atoms with E-state index in [-0.39, 0.29) is 6.61 Å². The van der Waals surface area contributed by atoms with E-state index >= 15 is 0 Å². The molecule has 2 N–H and O–H groups in total. The van der Waals surface area contributed by atoms with Crippen molar-refractivity contribution in [2.24, 2.45) is 0 Å². The maximum absolute atomic E-state index is 10.5. The second-order valence-electron chi connectivity index (χ2n) is 8.15. The summed E-state index contributed by atoms with van der Waals surface area (Å²) in [5.74, 6) is 2.50. The average molecular weight is 581 g/mol. The summed E-state index contributed by atoms with van der Waals surface area (Å²) in [7, 11) is 0. The first-order chi connectivity index (χ1) is 18.6. The minimum Gasteiger partial charge on any atom is -0.506 e. The number of benzene rings is 2. The van der Waals surface area contributed by atoms with E-state index in [0.717, 1.165) is 42.1 Å². The summed E-state index contributed by atoms with van der Waals surface area (Å²) in [6.45, 7) is 5.57. The summed E-state index contributed by atoms with van der Waals surface area (Å²) in [5.41, 5.74) is 0.886. The van der Waals surface area contributed by atoms with Gasteiger partial charge >= 0.3 is 0 Å². The van der Waals surface area contributed by atoms with Crippen molar-refractivity contribution in [1.82, 2.24) is 0 Å². The van der Waals surface area contributed by atoms with Gasteiger partial charge in [0.1, 0.15) is 42.8 Å². The lowest BCUT2D eigenvalue weighted by molar-refractivity contribution is 0.0274. The first-order valence-corrected chi connectivity index (χ1v) is 14.5. The summed E-state index contributed by atoms with van der Waals surface area (Å²) < 4.78 is 35.8. The number of aliphatic hydroxyl groups is 1. The molecule has 0 bridgehead atoms. The number of rotatable bonds is 17. The first kappa shape index (κ1) is 28.8. The van der Waals surface area contributed by atoms with E-state index in [9.17, 15) is 5.11 Å². The van der Waals surface area contributed by atoms with Crippen LogP contribution < -0.4 is 14.2 Å².